The average molecular weight is 406 g/mol. The Morgan fingerprint density at radius 2 is 1.88 bits per heavy atom. The van der Waals surface area contributed by atoms with E-state index in [9.17, 15) is 22.8 Å². The molecule has 0 aliphatic carbocycles. The zero-order valence-electron chi connectivity index (χ0n) is 14.7. The molecular weight excluding hydrogens is 386 g/mol. The monoisotopic (exact) mass is 405 g/mol. The third-order valence-corrected chi connectivity index (χ3v) is 5.74. The van der Waals surface area contributed by atoms with E-state index >= 15 is 0 Å². The highest BCUT2D eigenvalue weighted by Crippen LogP contribution is 2.24. The van der Waals surface area contributed by atoms with Crippen LogP contribution in [0.25, 0.3) is 0 Å². The molecule has 0 bridgehead atoms. The summed E-state index contributed by atoms with van der Waals surface area (Å²) in [6.07, 6.45) is 0. The van der Waals surface area contributed by atoms with E-state index in [4.69, 9.17) is 16.3 Å². The predicted molar refractivity (Wildman–Crippen MR) is 94.4 cm³/mol. The van der Waals surface area contributed by atoms with Crippen LogP contribution in [0.1, 0.15) is 24.2 Å². The van der Waals surface area contributed by atoms with Gasteiger partial charge in [-0.3, -0.25) is 10.1 Å². The number of hydrogen-bond acceptors (Lipinski definition) is 6. The molecule has 0 unspecified atom stereocenters. The number of ether oxygens (including phenoxy) is 1. The molecule has 0 radical (unpaired) electrons. The van der Waals surface area contributed by atoms with Crippen molar-refractivity contribution in [2.45, 2.75) is 24.8 Å². The summed E-state index contributed by atoms with van der Waals surface area (Å²) in [6, 6.07) is 2.55. The summed E-state index contributed by atoms with van der Waals surface area (Å²) < 4.78 is 30.9. The van der Waals surface area contributed by atoms with Crippen LogP contribution in [0.4, 0.5) is 4.79 Å². The largest absolute Gasteiger partial charge is 0.452 e. The summed E-state index contributed by atoms with van der Waals surface area (Å²) in [5.74, 6) is -1.84. The maximum absolute atomic E-state index is 12.5. The van der Waals surface area contributed by atoms with Crippen molar-refractivity contribution in [3.8, 4) is 0 Å². The number of esters is 1. The van der Waals surface area contributed by atoms with Gasteiger partial charge in [-0.15, -0.1) is 0 Å². The zero-order chi connectivity index (χ0) is 20.1. The van der Waals surface area contributed by atoms with Crippen molar-refractivity contribution in [1.82, 2.24) is 14.9 Å². The van der Waals surface area contributed by atoms with Crippen molar-refractivity contribution >= 4 is 39.5 Å². The Bertz CT molecular complexity index is 810. The van der Waals surface area contributed by atoms with Crippen LogP contribution in [0.5, 0.6) is 0 Å². The van der Waals surface area contributed by atoms with Crippen molar-refractivity contribution in [3.63, 3.8) is 0 Å². The fourth-order valence-electron chi connectivity index (χ4n) is 1.70. The van der Waals surface area contributed by atoms with E-state index in [-0.39, 0.29) is 21.5 Å². The SMILES string of the molecule is CNC(=O)NC(=O)COC(=O)c1cc(S(=O)(=O)N(C)C(C)C)ccc1Cl. The first-order chi connectivity index (χ1) is 12.0. The molecule has 3 amide bonds. The average Bonchev–Trinajstić information content (AvgIpc) is 2.58. The molecule has 1 aromatic rings. The zero-order valence-corrected chi connectivity index (χ0v) is 16.3. The van der Waals surface area contributed by atoms with E-state index in [0.29, 0.717) is 0 Å². The molecular formula is C15H20ClN3O6S. The number of nitrogens with zero attached hydrogens (tertiary/aromatic N) is 1. The fourth-order valence-corrected chi connectivity index (χ4v) is 3.29. The Kier molecular flexibility index (Phi) is 7.54. The molecule has 26 heavy (non-hydrogen) atoms. The van der Waals surface area contributed by atoms with Crippen LogP contribution in [-0.4, -0.2) is 57.4 Å². The molecule has 1 aromatic carbocycles. The summed E-state index contributed by atoms with van der Waals surface area (Å²) in [5, 5.41) is 4.04. The van der Waals surface area contributed by atoms with E-state index in [1.807, 2.05) is 5.32 Å². The lowest BCUT2D eigenvalue weighted by atomic mass is 10.2. The second-order valence-corrected chi connectivity index (χ2v) is 7.86. The Morgan fingerprint density at radius 3 is 2.42 bits per heavy atom. The molecule has 2 N–H and O–H groups in total. The van der Waals surface area contributed by atoms with Crippen LogP contribution in [0, 0.1) is 0 Å². The summed E-state index contributed by atoms with van der Waals surface area (Å²) >= 11 is 5.93. The molecule has 0 aromatic heterocycles. The summed E-state index contributed by atoms with van der Waals surface area (Å²) in [4.78, 5) is 34.4. The minimum atomic E-state index is -3.83. The molecule has 0 fully saturated rings. The second kappa shape index (κ2) is 8.97. The third kappa shape index (κ3) is 5.41. The molecule has 0 atom stereocenters. The molecule has 0 spiro atoms. The molecule has 11 heteroatoms. The summed E-state index contributed by atoms with van der Waals surface area (Å²) in [6.45, 7) is 2.67. The molecule has 0 aliphatic heterocycles. The van der Waals surface area contributed by atoms with Gasteiger partial charge in [0.15, 0.2) is 6.61 Å². The van der Waals surface area contributed by atoms with Crippen molar-refractivity contribution in [2.24, 2.45) is 0 Å². The molecule has 0 saturated carbocycles. The van der Waals surface area contributed by atoms with E-state index < -0.39 is 34.5 Å². The van der Waals surface area contributed by atoms with Gasteiger partial charge in [-0.05, 0) is 32.0 Å². The highest BCUT2D eigenvalue weighted by atomic mass is 35.5. The molecule has 9 nitrogen and oxygen atoms in total. The number of imide groups is 1. The van der Waals surface area contributed by atoms with Gasteiger partial charge >= 0.3 is 12.0 Å². The van der Waals surface area contributed by atoms with Crippen molar-refractivity contribution in [1.29, 1.82) is 0 Å². The van der Waals surface area contributed by atoms with Crippen LogP contribution in [0.2, 0.25) is 5.02 Å². The van der Waals surface area contributed by atoms with Crippen LogP contribution >= 0.6 is 11.6 Å². The molecule has 1 rings (SSSR count). The Balaban J connectivity index is 2.98. The quantitative estimate of drug-likeness (QED) is 0.680. The third-order valence-electron chi connectivity index (χ3n) is 3.38. The fraction of sp³-hybridized carbons (Fsp3) is 0.400. The maximum atomic E-state index is 12.5. The topological polar surface area (TPSA) is 122 Å². The molecule has 144 valence electrons. The number of nitrogens with one attached hydrogen (secondary N) is 2. The second-order valence-electron chi connectivity index (χ2n) is 5.46. The molecule has 0 heterocycles. The van der Waals surface area contributed by atoms with Crippen LogP contribution in [0.15, 0.2) is 23.1 Å². The highest BCUT2D eigenvalue weighted by Gasteiger charge is 2.25. The van der Waals surface area contributed by atoms with Gasteiger partial charge < -0.3 is 10.1 Å². The van der Waals surface area contributed by atoms with E-state index in [1.165, 1.54) is 26.2 Å². The minimum Gasteiger partial charge on any atom is -0.452 e. The van der Waals surface area contributed by atoms with Crippen LogP contribution < -0.4 is 10.6 Å². The number of carbonyl (C=O) groups excluding carboxylic acids is 3. The van der Waals surface area contributed by atoms with Crippen LogP contribution in [0.3, 0.4) is 0 Å². The number of amides is 3. The van der Waals surface area contributed by atoms with Gasteiger partial charge in [0.1, 0.15) is 0 Å². The van der Waals surface area contributed by atoms with E-state index in [1.54, 1.807) is 13.8 Å². The number of halogens is 1. The molecule has 0 aliphatic rings. The number of rotatable bonds is 6. The van der Waals surface area contributed by atoms with E-state index in [2.05, 4.69) is 5.32 Å². The lowest BCUT2D eigenvalue weighted by Crippen LogP contribution is -2.39. The Labute approximate surface area is 156 Å². The van der Waals surface area contributed by atoms with Gasteiger partial charge in [0.2, 0.25) is 10.0 Å². The maximum Gasteiger partial charge on any atom is 0.340 e. The first kappa shape index (κ1) is 21.9. The number of carbonyl (C=O) groups is 3. The Morgan fingerprint density at radius 1 is 1.27 bits per heavy atom. The van der Waals surface area contributed by atoms with E-state index in [0.717, 1.165) is 10.4 Å². The van der Waals surface area contributed by atoms with Crippen LogP contribution in [-0.2, 0) is 19.6 Å². The Hall–Kier alpha value is -2.17. The van der Waals surface area contributed by atoms with Gasteiger partial charge in [0, 0.05) is 20.1 Å². The standard InChI is InChI=1S/C15H20ClN3O6S/c1-9(2)19(4)26(23,24)10-5-6-12(16)11(7-10)14(21)25-8-13(20)18-15(22)17-3/h5-7,9H,8H2,1-4H3,(H2,17,18,20,22). The highest BCUT2D eigenvalue weighted by molar-refractivity contribution is 7.89. The minimum absolute atomic E-state index is 0.0344. The van der Waals surface area contributed by atoms with Crippen molar-refractivity contribution < 1.29 is 27.5 Å². The van der Waals surface area contributed by atoms with Gasteiger partial charge in [-0.25, -0.2) is 18.0 Å². The lowest BCUT2D eigenvalue weighted by Gasteiger charge is -2.21. The number of benzene rings is 1. The van der Waals surface area contributed by atoms with Gasteiger partial charge in [-0.2, -0.15) is 4.31 Å². The van der Waals surface area contributed by atoms with Crippen molar-refractivity contribution in [3.05, 3.63) is 28.8 Å². The number of sulfonamides is 1. The smallest absolute Gasteiger partial charge is 0.340 e. The lowest BCUT2D eigenvalue weighted by molar-refractivity contribution is -0.123. The van der Waals surface area contributed by atoms with Gasteiger partial charge in [0.25, 0.3) is 5.91 Å². The first-order valence-electron chi connectivity index (χ1n) is 7.47. The normalized spacial score (nSPS) is 11.3. The summed E-state index contributed by atoms with van der Waals surface area (Å²) in [5.41, 5.74) is -0.211. The number of hydrogen-bond donors (Lipinski definition) is 2. The van der Waals surface area contributed by atoms with Gasteiger partial charge in [-0.1, -0.05) is 11.6 Å². The van der Waals surface area contributed by atoms with Crippen molar-refractivity contribution in [2.75, 3.05) is 20.7 Å². The molecule has 0 saturated heterocycles. The summed E-state index contributed by atoms with van der Waals surface area (Å²) in [7, 11) is -1.10. The van der Waals surface area contributed by atoms with Gasteiger partial charge in [0.05, 0.1) is 15.5 Å². The number of urea groups is 1. The first-order valence-corrected chi connectivity index (χ1v) is 9.28. The predicted octanol–water partition coefficient (Wildman–Crippen LogP) is 0.981.